The smallest absolute Gasteiger partial charge is 0.289 e. The van der Waals surface area contributed by atoms with E-state index in [1.807, 2.05) is 11.8 Å². The molecule has 1 fully saturated rings. The molecule has 1 amide bonds. The van der Waals surface area contributed by atoms with Crippen LogP contribution in [0.4, 0.5) is 0 Å². The van der Waals surface area contributed by atoms with Crippen LogP contribution >= 0.6 is 0 Å². The maximum Gasteiger partial charge on any atom is 0.289 e. The Hall–Kier alpha value is -1.29. The fraction of sp³-hybridized carbons (Fsp3) is 0.615. The van der Waals surface area contributed by atoms with Gasteiger partial charge >= 0.3 is 0 Å². The molecule has 0 saturated heterocycles. The summed E-state index contributed by atoms with van der Waals surface area (Å²) in [5.41, 5.74) is 5.48. The van der Waals surface area contributed by atoms with Gasteiger partial charge in [0, 0.05) is 12.6 Å². The maximum atomic E-state index is 12.3. The Morgan fingerprint density at radius 1 is 1.47 bits per heavy atom. The van der Waals surface area contributed by atoms with Crippen molar-refractivity contribution in [1.29, 1.82) is 0 Å². The average Bonchev–Trinajstić information content (AvgIpc) is 3.00. The second-order valence-electron chi connectivity index (χ2n) is 4.50. The minimum absolute atomic E-state index is 0.000833. The molecule has 2 rings (SSSR count). The molecule has 0 atom stereocenters. The van der Waals surface area contributed by atoms with Crippen molar-refractivity contribution in [2.24, 2.45) is 5.73 Å². The van der Waals surface area contributed by atoms with Crippen LogP contribution in [0.2, 0.25) is 0 Å². The van der Waals surface area contributed by atoms with Crippen molar-refractivity contribution < 1.29 is 9.21 Å². The summed E-state index contributed by atoms with van der Waals surface area (Å²) in [6, 6.07) is 3.89. The minimum atomic E-state index is -0.000833. The average molecular weight is 236 g/mol. The highest BCUT2D eigenvalue weighted by Gasteiger charge is 2.27. The van der Waals surface area contributed by atoms with E-state index in [0.29, 0.717) is 24.1 Å². The number of rotatable bonds is 4. The number of carbonyl (C=O) groups excluding carboxylic acids is 1. The van der Waals surface area contributed by atoms with Crippen molar-refractivity contribution in [2.45, 2.75) is 45.2 Å². The predicted octanol–water partition coefficient (Wildman–Crippen LogP) is 2.14. The summed E-state index contributed by atoms with van der Waals surface area (Å²) in [5.74, 6) is 1.08. The third kappa shape index (κ3) is 2.52. The zero-order valence-electron chi connectivity index (χ0n) is 10.3. The zero-order chi connectivity index (χ0) is 12.3. The van der Waals surface area contributed by atoms with Crippen molar-refractivity contribution in [2.75, 3.05) is 6.54 Å². The molecular formula is C13H20N2O2. The highest BCUT2D eigenvalue weighted by Crippen LogP contribution is 2.25. The van der Waals surface area contributed by atoms with Gasteiger partial charge in [0.15, 0.2) is 5.76 Å². The van der Waals surface area contributed by atoms with Gasteiger partial charge < -0.3 is 15.1 Å². The monoisotopic (exact) mass is 236 g/mol. The number of nitrogens with zero attached hydrogens (tertiary/aromatic N) is 1. The normalized spacial score (nSPS) is 16.4. The first-order chi connectivity index (χ1) is 8.26. The summed E-state index contributed by atoms with van der Waals surface area (Å²) in [6.07, 6.45) is 4.68. The van der Waals surface area contributed by atoms with Crippen molar-refractivity contribution in [3.8, 4) is 0 Å². The maximum absolute atomic E-state index is 12.3. The van der Waals surface area contributed by atoms with Crippen LogP contribution in [0, 0.1) is 0 Å². The van der Waals surface area contributed by atoms with Gasteiger partial charge in [0.05, 0.1) is 6.54 Å². The van der Waals surface area contributed by atoms with Gasteiger partial charge in [-0.25, -0.2) is 0 Å². The molecule has 4 heteroatoms. The summed E-state index contributed by atoms with van der Waals surface area (Å²) in [5, 5.41) is 0. The van der Waals surface area contributed by atoms with Crippen LogP contribution in [0.15, 0.2) is 16.5 Å². The van der Waals surface area contributed by atoms with Gasteiger partial charge in [0.1, 0.15) is 5.76 Å². The Morgan fingerprint density at radius 3 is 2.71 bits per heavy atom. The first-order valence-electron chi connectivity index (χ1n) is 6.36. The fourth-order valence-corrected chi connectivity index (χ4v) is 2.53. The topological polar surface area (TPSA) is 59.5 Å². The second-order valence-corrected chi connectivity index (χ2v) is 4.50. The predicted molar refractivity (Wildman–Crippen MR) is 65.6 cm³/mol. The molecule has 1 aliphatic carbocycles. The van der Waals surface area contributed by atoms with Gasteiger partial charge in [-0.2, -0.15) is 0 Å². The van der Waals surface area contributed by atoms with Gasteiger partial charge in [-0.05, 0) is 31.9 Å². The van der Waals surface area contributed by atoms with Crippen LogP contribution in [-0.2, 0) is 6.54 Å². The van der Waals surface area contributed by atoms with Crippen LogP contribution < -0.4 is 5.73 Å². The Morgan fingerprint density at radius 2 is 2.18 bits per heavy atom. The lowest BCUT2D eigenvalue weighted by atomic mass is 10.2. The molecule has 17 heavy (non-hydrogen) atoms. The molecule has 4 nitrogen and oxygen atoms in total. The first kappa shape index (κ1) is 12.2. The molecule has 1 aromatic rings. The molecule has 0 unspecified atom stereocenters. The Labute approximate surface area is 102 Å². The van der Waals surface area contributed by atoms with Gasteiger partial charge in [-0.1, -0.05) is 12.8 Å². The largest absolute Gasteiger partial charge is 0.455 e. The summed E-state index contributed by atoms with van der Waals surface area (Å²) < 4.78 is 5.42. The molecule has 94 valence electrons. The molecule has 1 aliphatic rings. The summed E-state index contributed by atoms with van der Waals surface area (Å²) >= 11 is 0. The number of hydrogen-bond acceptors (Lipinski definition) is 3. The van der Waals surface area contributed by atoms with Crippen molar-refractivity contribution >= 4 is 5.91 Å². The van der Waals surface area contributed by atoms with E-state index >= 15 is 0 Å². The molecule has 0 aromatic carbocycles. The van der Waals surface area contributed by atoms with Crippen LogP contribution in [0.1, 0.15) is 48.9 Å². The minimum Gasteiger partial charge on any atom is -0.455 e. The van der Waals surface area contributed by atoms with Crippen LogP contribution in [0.3, 0.4) is 0 Å². The van der Waals surface area contributed by atoms with E-state index in [1.165, 1.54) is 12.8 Å². The molecule has 1 saturated carbocycles. The van der Waals surface area contributed by atoms with E-state index in [1.54, 1.807) is 12.1 Å². The number of furan rings is 1. The van der Waals surface area contributed by atoms with Crippen molar-refractivity contribution in [3.63, 3.8) is 0 Å². The molecule has 1 aromatic heterocycles. The first-order valence-corrected chi connectivity index (χ1v) is 6.36. The molecule has 0 bridgehead atoms. The molecular weight excluding hydrogens is 216 g/mol. The van der Waals surface area contributed by atoms with E-state index in [-0.39, 0.29) is 5.91 Å². The van der Waals surface area contributed by atoms with Gasteiger partial charge in [0.2, 0.25) is 0 Å². The molecule has 1 heterocycles. The van der Waals surface area contributed by atoms with E-state index in [2.05, 4.69) is 0 Å². The number of nitrogens with two attached hydrogens (primary N) is 1. The Kier molecular flexibility index (Phi) is 3.84. The fourth-order valence-electron chi connectivity index (χ4n) is 2.53. The Bertz CT molecular complexity index is 381. The van der Waals surface area contributed by atoms with Crippen molar-refractivity contribution in [3.05, 3.63) is 23.7 Å². The van der Waals surface area contributed by atoms with E-state index in [4.69, 9.17) is 10.2 Å². The van der Waals surface area contributed by atoms with Gasteiger partial charge in [-0.15, -0.1) is 0 Å². The lowest BCUT2D eigenvalue weighted by molar-refractivity contribution is 0.0659. The summed E-state index contributed by atoms with van der Waals surface area (Å²) in [7, 11) is 0. The Balaban J connectivity index is 2.10. The highest BCUT2D eigenvalue weighted by molar-refractivity contribution is 5.91. The summed E-state index contributed by atoms with van der Waals surface area (Å²) in [4.78, 5) is 14.2. The summed E-state index contributed by atoms with van der Waals surface area (Å²) in [6.45, 7) is 3.09. The SMILES string of the molecule is CCN(C(=O)c1ccc(CN)o1)C1CCCC1. The molecule has 0 spiro atoms. The third-order valence-electron chi connectivity index (χ3n) is 3.44. The number of carbonyl (C=O) groups is 1. The quantitative estimate of drug-likeness (QED) is 0.871. The van der Waals surface area contributed by atoms with Gasteiger partial charge in [0.25, 0.3) is 5.91 Å². The lowest BCUT2D eigenvalue weighted by Gasteiger charge is -2.26. The van der Waals surface area contributed by atoms with E-state index in [0.717, 1.165) is 19.4 Å². The standard InChI is InChI=1S/C13H20N2O2/c1-2-15(10-5-3-4-6-10)13(16)12-8-7-11(9-14)17-12/h7-8,10H,2-6,9,14H2,1H3. The van der Waals surface area contributed by atoms with Crippen LogP contribution in [-0.4, -0.2) is 23.4 Å². The van der Waals surface area contributed by atoms with E-state index in [9.17, 15) is 4.79 Å². The lowest BCUT2D eigenvalue weighted by Crippen LogP contribution is -2.38. The van der Waals surface area contributed by atoms with E-state index < -0.39 is 0 Å². The highest BCUT2D eigenvalue weighted by atomic mass is 16.4. The van der Waals surface area contributed by atoms with Crippen LogP contribution in [0.25, 0.3) is 0 Å². The molecule has 0 radical (unpaired) electrons. The third-order valence-corrected chi connectivity index (χ3v) is 3.44. The molecule has 2 N–H and O–H groups in total. The molecule has 0 aliphatic heterocycles. The van der Waals surface area contributed by atoms with Crippen molar-refractivity contribution in [1.82, 2.24) is 4.90 Å². The zero-order valence-corrected chi connectivity index (χ0v) is 10.3. The second kappa shape index (κ2) is 5.36. The number of hydrogen-bond donors (Lipinski definition) is 1. The van der Waals surface area contributed by atoms with Gasteiger partial charge in [-0.3, -0.25) is 4.79 Å². The number of amides is 1. The van der Waals surface area contributed by atoms with Crippen LogP contribution in [0.5, 0.6) is 0 Å².